The number of hydrogen-bond acceptors (Lipinski definition) is 15. The molecule has 7 heterocycles. The zero-order chi connectivity index (χ0) is 57.4. The van der Waals surface area contributed by atoms with Crippen LogP contribution in [0, 0.1) is 35.3 Å². The summed E-state index contributed by atoms with van der Waals surface area (Å²) >= 11 is 0. The molecule has 5 fully saturated rings. The Labute approximate surface area is 470 Å². The smallest absolute Gasteiger partial charge is 0.408 e. The number of anilines is 1. The number of rotatable bonds is 16. The van der Waals surface area contributed by atoms with Gasteiger partial charge in [0.15, 0.2) is 11.6 Å². The number of fused-ring (bicyclic) bond motifs is 4. The van der Waals surface area contributed by atoms with E-state index in [0.717, 1.165) is 90.5 Å². The molecule has 82 heavy (non-hydrogen) atoms. The standard InChI is InChI=1S/C60H63F5N12O5/c1-5-42-47(61)13-8-37-20-41(78)21-45(50(37)42)52-51(62)53-46(24-66-52)54(76-29-38-9-10-39(30-76)68-38)70-58(69-53)82-32-59(14-15-59)31-74-18-16-73(17-19-74)26-36-27-75(28-36)25-35-6-11-40(12-7-35)77-55(44-22-43(33(2)3)48(79)23-49(44)80)71-72-56(77)57(81)67-34(4)60(63,64)65/h1,6-8,11-13,20-24,33-34,36,38-39,68,78-80H,9-10,14-19,25-32H2,2-4H3,(H,67,81). The van der Waals surface area contributed by atoms with Crippen LogP contribution in [0.3, 0.4) is 0 Å². The predicted octanol–water partition coefficient (Wildman–Crippen LogP) is 8.12. The number of ether oxygens (including phenoxy) is 1. The lowest BCUT2D eigenvalue weighted by atomic mass is 9.96. The topological polar surface area (TPSA) is 193 Å². The Kier molecular flexibility index (Phi) is 14.4. The third-order valence-corrected chi connectivity index (χ3v) is 17.0. The fourth-order valence-electron chi connectivity index (χ4n) is 12.3. The van der Waals surface area contributed by atoms with Gasteiger partial charge in [-0.2, -0.15) is 23.1 Å². The van der Waals surface area contributed by atoms with Gasteiger partial charge in [-0.05, 0) is 97.4 Å². The van der Waals surface area contributed by atoms with Crippen molar-refractivity contribution in [3.05, 3.63) is 101 Å². The number of aromatic nitrogens is 6. The van der Waals surface area contributed by atoms with Crippen LogP contribution >= 0.6 is 0 Å². The number of likely N-dealkylation sites (tertiary alicyclic amines) is 1. The van der Waals surface area contributed by atoms with Crippen molar-refractivity contribution in [2.24, 2.45) is 11.3 Å². The third kappa shape index (κ3) is 10.8. The molecule has 22 heteroatoms. The number of terminal acetylenes is 1. The Hall–Kier alpha value is -7.71. The van der Waals surface area contributed by atoms with Gasteiger partial charge >= 0.3 is 12.2 Å². The maximum atomic E-state index is 17.2. The fourth-order valence-corrected chi connectivity index (χ4v) is 12.3. The van der Waals surface area contributed by atoms with Crippen molar-refractivity contribution in [1.29, 1.82) is 0 Å². The molecule has 3 unspecified atom stereocenters. The maximum Gasteiger partial charge on any atom is 0.408 e. The monoisotopic (exact) mass is 1130 g/mol. The SMILES string of the molecule is C#Cc1c(F)ccc2cc(O)cc(-c3ncc4c(N5CC6CCC(C5)N6)nc(OCC5(CN6CCN(CC7CN(Cc8ccc(-n9c(C(=O)NC(C)C(F)(F)F)nnc9-c9cc(C(C)C)c(O)cc9O)cc8)C7)CC6)CC5)nc4c3F)c12. The zero-order valence-electron chi connectivity index (χ0n) is 45.6. The number of phenols is 3. The molecule has 5 N–H and O–H groups in total. The van der Waals surface area contributed by atoms with Crippen LogP contribution in [0.2, 0.25) is 0 Å². The number of benzene rings is 4. The minimum absolute atomic E-state index is 0.0109. The second-order valence-corrected chi connectivity index (χ2v) is 23.3. The van der Waals surface area contributed by atoms with E-state index in [0.29, 0.717) is 60.0 Å². The van der Waals surface area contributed by atoms with E-state index in [9.17, 15) is 33.3 Å². The minimum Gasteiger partial charge on any atom is -0.508 e. The summed E-state index contributed by atoms with van der Waals surface area (Å²) in [6, 6.07) is 13.9. The molecule has 5 aliphatic rings. The number of halogens is 5. The average Bonchev–Trinajstić information content (AvgIpc) is 4.08. The summed E-state index contributed by atoms with van der Waals surface area (Å²) in [6.45, 7) is 14.2. The Morgan fingerprint density at radius 2 is 1.60 bits per heavy atom. The Morgan fingerprint density at radius 1 is 0.878 bits per heavy atom. The van der Waals surface area contributed by atoms with Crippen molar-refractivity contribution in [3.8, 4) is 63.9 Å². The van der Waals surface area contributed by atoms with Crippen LogP contribution in [0.25, 0.3) is 50.0 Å². The fraction of sp³-hybridized carbons (Fsp3) is 0.433. The van der Waals surface area contributed by atoms with Crippen molar-refractivity contribution >= 4 is 33.4 Å². The second kappa shape index (κ2) is 21.6. The maximum absolute atomic E-state index is 17.2. The van der Waals surface area contributed by atoms with Gasteiger partial charge in [0.1, 0.15) is 46.1 Å². The highest BCUT2D eigenvalue weighted by atomic mass is 19.4. The Balaban J connectivity index is 0.674. The average molecular weight is 1130 g/mol. The first kappa shape index (κ1) is 54.9. The van der Waals surface area contributed by atoms with Crippen molar-refractivity contribution in [3.63, 3.8) is 0 Å². The minimum atomic E-state index is -4.70. The summed E-state index contributed by atoms with van der Waals surface area (Å²) in [4.78, 5) is 37.1. The second-order valence-electron chi connectivity index (χ2n) is 23.3. The highest BCUT2D eigenvalue weighted by Crippen LogP contribution is 2.47. The Morgan fingerprint density at radius 3 is 2.28 bits per heavy atom. The van der Waals surface area contributed by atoms with Gasteiger partial charge in [0.2, 0.25) is 5.82 Å². The van der Waals surface area contributed by atoms with Gasteiger partial charge in [-0.15, -0.1) is 16.6 Å². The van der Waals surface area contributed by atoms with E-state index in [2.05, 4.69) is 46.0 Å². The number of carbonyl (C=O) groups excluding carboxylic acids is 1. The molecule has 0 radical (unpaired) electrons. The normalized spacial score (nSPS) is 19.9. The highest BCUT2D eigenvalue weighted by molar-refractivity contribution is 6.03. The number of aromatic hydroxyl groups is 3. The van der Waals surface area contributed by atoms with E-state index in [4.69, 9.17) is 21.1 Å². The predicted molar refractivity (Wildman–Crippen MR) is 298 cm³/mol. The molecule has 1 aliphatic carbocycles. The first-order chi connectivity index (χ1) is 39.3. The molecular weight excluding hydrogens is 1060 g/mol. The van der Waals surface area contributed by atoms with Crippen LogP contribution in [-0.4, -0.2) is 162 Å². The van der Waals surface area contributed by atoms with E-state index in [1.54, 1.807) is 18.3 Å². The molecule has 1 saturated carbocycles. The van der Waals surface area contributed by atoms with Gasteiger partial charge in [0, 0.05) is 118 Å². The van der Waals surface area contributed by atoms with Crippen LogP contribution in [-0.2, 0) is 6.54 Å². The summed E-state index contributed by atoms with van der Waals surface area (Å²) in [5, 5.41) is 47.1. The lowest BCUT2D eigenvalue weighted by Gasteiger charge is -2.44. The molecule has 0 spiro atoms. The summed E-state index contributed by atoms with van der Waals surface area (Å²) in [7, 11) is 0. The van der Waals surface area contributed by atoms with Crippen LogP contribution in [0.1, 0.15) is 79.7 Å². The molecular formula is C60H63F5N12O5. The van der Waals surface area contributed by atoms with E-state index < -0.39 is 35.6 Å². The van der Waals surface area contributed by atoms with Crippen LogP contribution in [0.5, 0.6) is 23.3 Å². The molecule has 4 aromatic carbocycles. The first-order valence-electron chi connectivity index (χ1n) is 27.9. The van der Waals surface area contributed by atoms with E-state index in [1.807, 2.05) is 31.3 Å². The lowest BCUT2D eigenvalue weighted by molar-refractivity contribution is -0.149. The van der Waals surface area contributed by atoms with E-state index in [1.165, 1.54) is 41.0 Å². The Bertz CT molecular complexity index is 3640. The van der Waals surface area contributed by atoms with Gasteiger partial charge < -0.3 is 45.4 Å². The van der Waals surface area contributed by atoms with Gasteiger partial charge in [-0.3, -0.25) is 19.2 Å². The number of amides is 1. The summed E-state index contributed by atoms with van der Waals surface area (Å²) in [5.74, 6) is -0.239. The summed E-state index contributed by atoms with van der Waals surface area (Å²) in [6.07, 6.45) is 6.63. The number of nitrogens with zero attached hydrogens (tertiary/aromatic N) is 10. The molecule has 3 atom stereocenters. The van der Waals surface area contributed by atoms with Gasteiger partial charge in [-0.1, -0.05) is 38.0 Å². The van der Waals surface area contributed by atoms with E-state index in [-0.39, 0.29) is 85.8 Å². The number of carbonyl (C=O) groups is 1. The van der Waals surface area contributed by atoms with Gasteiger partial charge in [-0.25, -0.2) is 8.78 Å². The van der Waals surface area contributed by atoms with Crippen LogP contribution in [0.4, 0.5) is 27.8 Å². The van der Waals surface area contributed by atoms with Crippen LogP contribution < -0.4 is 20.3 Å². The highest BCUT2D eigenvalue weighted by Gasteiger charge is 2.46. The van der Waals surface area contributed by atoms with E-state index >= 15 is 8.78 Å². The largest absolute Gasteiger partial charge is 0.508 e. The van der Waals surface area contributed by atoms with Gasteiger partial charge in [0.25, 0.3) is 5.91 Å². The van der Waals surface area contributed by atoms with Crippen molar-refractivity contribution in [2.75, 3.05) is 77.0 Å². The number of nitrogens with one attached hydrogen (secondary N) is 2. The van der Waals surface area contributed by atoms with Gasteiger partial charge in [0.05, 0.1) is 23.1 Å². The number of alkyl halides is 3. The number of pyridine rings is 1. The molecule has 12 rings (SSSR count). The molecule has 1 amide bonds. The van der Waals surface area contributed by atoms with Crippen molar-refractivity contribution in [1.82, 2.24) is 55.0 Å². The molecule has 3 aromatic heterocycles. The third-order valence-electron chi connectivity index (χ3n) is 17.0. The molecule has 2 bridgehead atoms. The zero-order valence-corrected chi connectivity index (χ0v) is 45.6. The summed E-state index contributed by atoms with van der Waals surface area (Å²) in [5.41, 5.74) is 1.89. The quantitative estimate of drug-likeness (QED) is 0.0460. The molecule has 17 nitrogen and oxygen atoms in total. The van der Waals surface area contributed by atoms with Crippen molar-refractivity contribution < 1.29 is 46.8 Å². The summed E-state index contributed by atoms with van der Waals surface area (Å²) < 4.78 is 80.6. The number of piperazine rings is 2. The molecule has 4 aliphatic heterocycles. The van der Waals surface area contributed by atoms with Crippen molar-refractivity contribution in [2.45, 2.75) is 83.2 Å². The number of phenolic OH excluding ortho intramolecular Hbond substituents is 3. The lowest BCUT2D eigenvalue weighted by Crippen LogP contribution is -2.55. The number of hydrogen-bond donors (Lipinski definition) is 5. The van der Waals surface area contributed by atoms with Crippen LogP contribution in [0.15, 0.2) is 66.9 Å². The first-order valence-corrected chi connectivity index (χ1v) is 27.9. The molecule has 428 valence electrons. The molecule has 7 aromatic rings. The molecule has 4 saturated heterocycles.